The third-order valence-corrected chi connectivity index (χ3v) is 17.2. The number of ether oxygens (including phenoxy) is 7. The molecule has 0 aromatic heterocycles. The van der Waals surface area contributed by atoms with Crippen LogP contribution in [0.1, 0.15) is 120 Å². The van der Waals surface area contributed by atoms with Gasteiger partial charge in [-0.2, -0.15) is 13.2 Å². The van der Waals surface area contributed by atoms with E-state index >= 15 is 13.2 Å². The van der Waals surface area contributed by atoms with Gasteiger partial charge in [-0.05, 0) is 88.3 Å². The molecule has 498 valence electrons. The summed E-state index contributed by atoms with van der Waals surface area (Å²) >= 11 is 12.4. The number of alkyl halides is 3. The summed E-state index contributed by atoms with van der Waals surface area (Å²) in [5.41, 5.74) is 1.33. The standard InChI is InChI=1S/C63H86ClF3N6O16S/c1-35(2)43(31-52(90)69-21-23-86-25-24-85-22-19-37(4)74)57(78)71-45(15-13-20-70-60(68)81)47(75)29-40-17-18-42(44(27-40)63(65,66)67)58(79)72(8)39(6)59(80)88-51-32-53(76)73(9)46-28-41(30-48(83-10)55(46)64)26-36(3)14-12-16-50(84-11)62(82)33-49(87-54(77)34-62)38(5)56-61(51,7)89-56/h12,14,16-18,27-28,30,35,38-39,43,45,49-51,56,82H,13,15,19-26,29,31-34H2,1-11H3,(H,69,90)(H,71,78)(H3,68,70,81)/b16-12+,36-14+/t38-,39+,43+,45+,49+,50-,51+,56+,61+,62-/m1/s1. The topological polar surface area (TPSA) is 293 Å². The second kappa shape index (κ2) is 33.2. The highest BCUT2D eigenvalue weighted by Crippen LogP contribution is 2.50. The number of carbonyl (C=O) groups is 8. The number of nitrogens with one attached hydrogen (secondary N) is 3. The number of anilines is 1. The van der Waals surface area contributed by atoms with Crippen LogP contribution in [0.4, 0.5) is 23.7 Å². The molecule has 90 heavy (non-hydrogen) atoms. The van der Waals surface area contributed by atoms with Gasteiger partial charge in [-0.25, -0.2) is 9.59 Å². The van der Waals surface area contributed by atoms with E-state index in [9.17, 15) is 43.5 Å². The Hall–Kier alpha value is -6.55. The van der Waals surface area contributed by atoms with Crippen LogP contribution in [0.2, 0.25) is 5.02 Å². The maximum Gasteiger partial charge on any atom is 0.417 e. The molecule has 27 heteroatoms. The lowest BCUT2D eigenvalue weighted by molar-refractivity contribution is -0.187. The Balaban J connectivity index is 1.37. The molecule has 2 aromatic carbocycles. The van der Waals surface area contributed by atoms with Crippen LogP contribution in [0.15, 0.2) is 54.1 Å². The highest BCUT2D eigenvalue weighted by Gasteiger charge is 2.64. The second-order valence-corrected chi connectivity index (χ2v) is 24.6. The van der Waals surface area contributed by atoms with Gasteiger partial charge in [0.1, 0.15) is 52.1 Å². The summed E-state index contributed by atoms with van der Waals surface area (Å²) in [4.78, 5) is 109. The van der Waals surface area contributed by atoms with Gasteiger partial charge < -0.3 is 69.7 Å². The highest BCUT2D eigenvalue weighted by atomic mass is 35.5. The molecule has 0 spiro atoms. The van der Waals surface area contributed by atoms with Gasteiger partial charge in [0, 0.05) is 71.8 Å². The number of halogens is 4. The Kier molecular flexibility index (Phi) is 27.3. The molecular formula is C63H86ClF3N6O16S. The first-order valence-electron chi connectivity index (χ1n) is 29.8. The minimum absolute atomic E-state index is 0.0122. The number of rotatable bonds is 27. The molecule has 10 atom stereocenters. The fourth-order valence-corrected chi connectivity index (χ4v) is 11.5. The third-order valence-electron chi connectivity index (χ3n) is 16.5. The fraction of sp³-hybridized carbons (Fsp3) is 0.603. The van der Waals surface area contributed by atoms with E-state index in [-0.39, 0.29) is 79.2 Å². The summed E-state index contributed by atoms with van der Waals surface area (Å²) in [6.45, 7) is 12.9. The molecule has 2 fully saturated rings. The molecule has 6 N–H and O–H groups in total. The molecular weight excluding hydrogens is 1220 g/mol. The van der Waals surface area contributed by atoms with Gasteiger partial charge in [0.2, 0.25) is 11.8 Å². The number of urea groups is 1. The van der Waals surface area contributed by atoms with Crippen molar-refractivity contribution in [2.75, 3.05) is 72.7 Å². The van der Waals surface area contributed by atoms with E-state index in [0.29, 0.717) is 49.2 Å². The highest BCUT2D eigenvalue weighted by molar-refractivity contribution is 7.80. The van der Waals surface area contributed by atoms with Crippen molar-refractivity contribution in [3.63, 3.8) is 0 Å². The van der Waals surface area contributed by atoms with Gasteiger partial charge in [-0.15, -0.1) is 0 Å². The number of primary amides is 1. The SMILES string of the molecule is COc1cc2cc(c1Cl)N(C)C(=O)C[C@H](OC(=O)[C@H](C)N(C)C(=O)c1ccc(CC(=O)[C@H](CCCNC(N)=O)NC(=O)[C@@H](CC(=S)NCCOCCOCCC(C)=O)C(C)C)cc1C(F)(F)F)[C@]1(C)O[C@H]1[C@H](C)[C@@H]1C[C@@](O)(CC(=O)O1)[C@H](OC)/C=C/C=C(\C)C2. The van der Waals surface area contributed by atoms with Crippen LogP contribution in [-0.2, 0) is 76.2 Å². The Morgan fingerprint density at radius 1 is 1.01 bits per heavy atom. The minimum Gasteiger partial charge on any atom is -0.495 e. The average Bonchev–Trinajstić information content (AvgIpc) is 1.57. The number of fused-ring (bicyclic) bond motifs is 5. The number of ketones is 2. The van der Waals surface area contributed by atoms with Gasteiger partial charge in [0.25, 0.3) is 5.91 Å². The lowest BCUT2D eigenvalue weighted by Crippen LogP contribution is -2.53. The Labute approximate surface area is 533 Å². The summed E-state index contributed by atoms with van der Waals surface area (Å²) in [6, 6.07) is 2.40. The number of amides is 5. The molecule has 0 saturated carbocycles. The molecule has 2 saturated heterocycles. The average molecular weight is 1310 g/mol. The molecule has 2 aromatic rings. The maximum absolute atomic E-state index is 15.2. The summed E-state index contributed by atoms with van der Waals surface area (Å²) in [7, 11) is 5.37. The number of Topliss-reactive ketones (excluding diaryl/α,β-unsaturated/α-hetero) is 2. The molecule has 3 aliphatic rings. The first-order chi connectivity index (χ1) is 42.2. The van der Waals surface area contributed by atoms with Crippen molar-refractivity contribution in [2.24, 2.45) is 23.5 Å². The summed E-state index contributed by atoms with van der Waals surface area (Å²) < 4.78 is 85.9. The molecule has 5 rings (SSSR count). The van der Waals surface area contributed by atoms with Gasteiger partial charge >= 0.3 is 24.1 Å². The zero-order chi connectivity index (χ0) is 67.0. The summed E-state index contributed by atoms with van der Waals surface area (Å²) in [5.74, 6) is -6.44. The van der Waals surface area contributed by atoms with Crippen LogP contribution in [0.5, 0.6) is 5.75 Å². The number of benzene rings is 2. The van der Waals surface area contributed by atoms with Crippen molar-refractivity contribution < 1.29 is 89.8 Å². The molecule has 3 heterocycles. The quantitative estimate of drug-likeness (QED) is 0.0268. The third kappa shape index (κ3) is 20.5. The Morgan fingerprint density at radius 2 is 1.70 bits per heavy atom. The number of methoxy groups -OCH3 is 2. The first kappa shape index (κ1) is 74.2. The maximum atomic E-state index is 15.2. The fourth-order valence-electron chi connectivity index (χ4n) is 10.9. The van der Waals surface area contributed by atoms with Crippen molar-refractivity contribution in [1.29, 1.82) is 0 Å². The van der Waals surface area contributed by atoms with Crippen LogP contribution >= 0.6 is 23.8 Å². The van der Waals surface area contributed by atoms with Crippen LogP contribution in [0, 0.1) is 17.8 Å². The number of nitrogens with zero attached hydrogens (tertiary/aromatic N) is 2. The van der Waals surface area contributed by atoms with Crippen LogP contribution in [0.25, 0.3) is 0 Å². The number of thiocarbonyl (C=S) groups is 1. The van der Waals surface area contributed by atoms with Crippen molar-refractivity contribution in [3.8, 4) is 5.75 Å². The lowest BCUT2D eigenvalue weighted by atomic mass is 9.78. The zero-order valence-corrected chi connectivity index (χ0v) is 54.5. The van der Waals surface area contributed by atoms with Gasteiger partial charge in [0.05, 0.1) is 80.3 Å². The first-order valence-corrected chi connectivity index (χ1v) is 30.6. The normalized spacial score (nSPS) is 24.0. The van der Waals surface area contributed by atoms with E-state index in [0.717, 1.165) is 29.7 Å². The number of nitrogens with two attached hydrogens (primary N) is 1. The van der Waals surface area contributed by atoms with Gasteiger partial charge in [-0.3, -0.25) is 28.8 Å². The Morgan fingerprint density at radius 3 is 2.33 bits per heavy atom. The molecule has 0 unspecified atom stereocenters. The lowest BCUT2D eigenvalue weighted by Gasteiger charge is -2.41. The van der Waals surface area contributed by atoms with Crippen molar-refractivity contribution in [2.45, 2.75) is 160 Å². The number of hydrogen-bond acceptors (Lipinski definition) is 17. The molecule has 5 amide bonds. The molecule has 3 aliphatic heterocycles. The minimum atomic E-state index is -5.18. The molecule has 4 bridgehead atoms. The Bertz CT molecular complexity index is 3000. The summed E-state index contributed by atoms with van der Waals surface area (Å²) in [6.07, 6.45) is -5.13. The van der Waals surface area contributed by atoms with E-state index in [1.54, 1.807) is 52.0 Å². The predicted molar refractivity (Wildman–Crippen MR) is 331 cm³/mol. The van der Waals surface area contributed by atoms with Gasteiger partial charge in [0.15, 0.2) is 5.78 Å². The van der Waals surface area contributed by atoms with Crippen molar-refractivity contribution in [1.82, 2.24) is 20.9 Å². The molecule has 0 aliphatic carbocycles. The number of carbonyl (C=O) groups excluding carboxylic acids is 8. The number of allylic oxidation sites excluding steroid dienone is 3. The van der Waals surface area contributed by atoms with E-state index in [2.05, 4.69) is 16.0 Å². The predicted octanol–water partition coefficient (Wildman–Crippen LogP) is 6.73. The smallest absolute Gasteiger partial charge is 0.417 e. The number of aliphatic hydroxyl groups is 1. The number of epoxide rings is 1. The summed E-state index contributed by atoms with van der Waals surface area (Å²) in [5, 5.41) is 20.3. The number of esters is 2. The molecule has 0 radical (unpaired) electrons. The zero-order valence-electron chi connectivity index (χ0n) is 52.9. The monoisotopic (exact) mass is 1310 g/mol. The van der Waals surface area contributed by atoms with Crippen molar-refractivity contribution >= 4 is 81.8 Å². The van der Waals surface area contributed by atoms with Crippen LogP contribution in [0.3, 0.4) is 0 Å². The van der Waals surface area contributed by atoms with Crippen LogP contribution in [-0.4, -0.2) is 178 Å². The van der Waals surface area contributed by atoms with Crippen LogP contribution < -0.4 is 31.3 Å². The number of likely N-dealkylation sites (N-methyl/N-ethyl adjacent to an activating group) is 1. The van der Waals surface area contributed by atoms with E-state index in [1.807, 2.05) is 13.0 Å². The van der Waals surface area contributed by atoms with Crippen molar-refractivity contribution in [3.05, 3.63) is 81.4 Å². The largest absolute Gasteiger partial charge is 0.495 e. The number of hydrogen-bond donors (Lipinski definition) is 5. The molecule has 22 nitrogen and oxygen atoms in total. The van der Waals surface area contributed by atoms with E-state index in [1.165, 1.54) is 40.0 Å². The second-order valence-electron chi connectivity index (χ2n) is 23.7. The van der Waals surface area contributed by atoms with E-state index < -0.39 is 138 Å². The van der Waals surface area contributed by atoms with E-state index in [4.69, 9.17) is 62.7 Å². The van der Waals surface area contributed by atoms with Gasteiger partial charge in [-0.1, -0.05) is 74.5 Å².